The number of benzene rings is 2. The van der Waals surface area contributed by atoms with Crippen LogP contribution in [0.5, 0.6) is 0 Å². The zero-order valence-corrected chi connectivity index (χ0v) is 23.4. The topological polar surface area (TPSA) is 29.3 Å². The number of nitrogens with zero attached hydrogens (tertiary/aromatic N) is 1. The third-order valence-corrected chi connectivity index (χ3v) is 9.22. The molecule has 2 nitrogen and oxygen atoms in total. The summed E-state index contributed by atoms with van der Waals surface area (Å²) in [6, 6.07) is 16.6. The maximum Gasteiger partial charge on any atom is 0.0364 e. The van der Waals surface area contributed by atoms with Crippen LogP contribution < -0.4 is 10.6 Å². The van der Waals surface area contributed by atoms with Crippen molar-refractivity contribution in [3.63, 3.8) is 0 Å². The molecule has 0 saturated carbocycles. The number of nitrogen functional groups attached to an aromatic ring is 1. The van der Waals surface area contributed by atoms with Crippen LogP contribution in [0.15, 0.2) is 53.4 Å². The lowest BCUT2D eigenvalue weighted by Crippen LogP contribution is -2.25. The number of anilines is 2. The molecule has 0 spiro atoms. The number of fused-ring (bicyclic) bond motifs is 1. The molecule has 2 aromatic carbocycles. The van der Waals surface area contributed by atoms with Crippen LogP contribution in [-0.2, 0) is 6.42 Å². The summed E-state index contributed by atoms with van der Waals surface area (Å²) in [5, 5.41) is 0. The van der Waals surface area contributed by atoms with Gasteiger partial charge in [0.2, 0.25) is 0 Å². The van der Waals surface area contributed by atoms with Gasteiger partial charge in [-0.05, 0) is 73.2 Å². The molecule has 0 aromatic heterocycles. The van der Waals surface area contributed by atoms with Gasteiger partial charge in [0.05, 0.1) is 0 Å². The van der Waals surface area contributed by atoms with Crippen molar-refractivity contribution >= 4 is 40.4 Å². The lowest BCUT2D eigenvalue weighted by atomic mass is 9.75. The van der Waals surface area contributed by atoms with Crippen LogP contribution in [0.25, 0.3) is 0 Å². The van der Waals surface area contributed by atoms with Crippen molar-refractivity contribution in [1.82, 2.24) is 0 Å². The van der Waals surface area contributed by atoms with Crippen molar-refractivity contribution in [3.8, 4) is 0 Å². The van der Waals surface area contributed by atoms with Crippen molar-refractivity contribution in [3.05, 3.63) is 54.1 Å². The average molecular weight is 479 g/mol. The number of hydrogen-bond acceptors (Lipinski definition) is 3. The van der Waals surface area contributed by atoms with Gasteiger partial charge in [-0.2, -0.15) is 9.90 Å². The van der Waals surface area contributed by atoms with Gasteiger partial charge in [-0.25, -0.2) is 0 Å². The van der Waals surface area contributed by atoms with Crippen molar-refractivity contribution in [2.45, 2.75) is 70.1 Å². The maximum atomic E-state index is 5.36. The van der Waals surface area contributed by atoms with E-state index < -0.39 is 0 Å². The molecule has 2 N–H and O–H groups in total. The van der Waals surface area contributed by atoms with Crippen LogP contribution in [0, 0.1) is 5.41 Å². The Bertz CT molecular complexity index is 729. The van der Waals surface area contributed by atoms with Crippen molar-refractivity contribution in [2.75, 3.05) is 30.9 Å². The highest BCUT2D eigenvalue weighted by atomic mass is 32.7. The number of para-hydroxylation sites is 1. The Morgan fingerprint density at radius 3 is 2.16 bits per heavy atom. The SMILES string of the molecule is CCCCC1(CCCC)CCc2cc(N(C)C)ccc2SPC1.Nc1ccccc1.P. The molecule has 3 rings (SSSR count). The summed E-state index contributed by atoms with van der Waals surface area (Å²) in [5.41, 5.74) is 9.73. The fraction of sp³-hybridized carbons (Fsp3) is 0.538. The van der Waals surface area contributed by atoms with Gasteiger partial charge in [0.1, 0.15) is 0 Å². The van der Waals surface area contributed by atoms with Gasteiger partial charge >= 0.3 is 0 Å². The van der Waals surface area contributed by atoms with Gasteiger partial charge in [-0.3, -0.25) is 0 Å². The summed E-state index contributed by atoms with van der Waals surface area (Å²) in [5.74, 6) is 0. The molecule has 2 atom stereocenters. The molecule has 0 saturated heterocycles. The zero-order valence-electron chi connectivity index (χ0n) is 20.1. The first kappa shape index (κ1) is 28.3. The number of rotatable bonds is 7. The molecule has 0 aliphatic carbocycles. The first-order valence-corrected chi connectivity index (χ1v) is 14.2. The van der Waals surface area contributed by atoms with Gasteiger partial charge in [-0.1, -0.05) is 65.5 Å². The van der Waals surface area contributed by atoms with Crippen LogP contribution in [0.1, 0.15) is 64.4 Å². The van der Waals surface area contributed by atoms with Crippen LogP contribution in [0.4, 0.5) is 11.4 Å². The van der Waals surface area contributed by atoms with E-state index in [1.54, 1.807) is 5.56 Å². The Balaban J connectivity index is 0.000000510. The van der Waals surface area contributed by atoms with Crippen molar-refractivity contribution in [2.24, 2.45) is 5.41 Å². The van der Waals surface area contributed by atoms with Gasteiger partial charge in [0.25, 0.3) is 0 Å². The van der Waals surface area contributed by atoms with E-state index in [0.29, 0.717) is 5.41 Å². The van der Waals surface area contributed by atoms with Crippen LogP contribution >= 0.6 is 29.1 Å². The standard InChI is InChI=1S/C20H34NPS.C6H7N.H3P/c1-5-7-12-20(13-8-6-2)14-11-17-15-18(21(3)4)9-10-19(17)23-22-16-20;7-6-4-2-1-3-5-6;/h9-10,15,22H,5-8,11-14,16H2,1-4H3;1-5H,7H2;1H3. The van der Waals surface area contributed by atoms with E-state index >= 15 is 0 Å². The molecule has 1 aliphatic heterocycles. The number of hydrogen-bond donors (Lipinski definition) is 1. The molecular weight excluding hydrogens is 434 g/mol. The molecule has 1 heterocycles. The molecule has 2 unspecified atom stereocenters. The molecule has 5 heteroatoms. The smallest absolute Gasteiger partial charge is 0.0364 e. The lowest BCUT2D eigenvalue weighted by molar-refractivity contribution is 0.241. The Morgan fingerprint density at radius 2 is 1.65 bits per heavy atom. The normalized spacial score (nSPS) is 15.5. The zero-order chi connectivity index (χ0) is 21.8. The quantitative estimate of drug-likeness (QED) is 0.322. The van der Waals surface area contributed by atoms with E-state index in [1.165, 1.54) is 68.1 Å². The summed E-state index contributed by atoms with van der Waals surface area (Å²) in [7, 11) is 5.32. The number of aryl methyl sites for hydroxylation is 1. The summed E-state index contributed by atoms with van der Waals surface area (Å²) in [6.45, 7) is 4.68. The summed E-state index contributed by atoms with van der Waals surface area (Å²) < 4.78 is 0. The summed E-state index contributed by atoms with van der Waals surface area (Å²) >= 11 is 2.12. The minimum atomic E-state index is 0. The second-order valence-corrected chi connectivity index (χ2v) is 11.5. The molecule has 31 heavy (non-hydrogen) atoms. The van der Waals surface area contributed by atoms with Gasteiger partial charge in [-0.15, -0.1) is 11.4 Å². The highest BCUT2D eigenvalue weighted by molar-refractivity contribution is 8.49. The first-order chi connectivity index (χ1) is 14.5. The third-order valence-electron chi connectivity index (χ3n) is 6.04. The van der Waals surface area contributed by atoms with Gasteiger partial charge < -0.3 is 10.6 Å². The van der Waals surface area contributed by atoms with Crippen molar-refractivity contribution < 1.29 is 0 Å². The molecule has 0 amide bonds. The minimum absolute atomic E-state index is 0. The summed E-state index contributed by atoms with van der Waals surface area (Å²) in [4.78, 5) is 3.77. The fourth-order valence-corrected chi connectivity index (χ4v) is 7.69. The lowest BCUT2D eigenvalue weighted by Gasteiger charge is -2.36. The van der Waals surface area contributed by atoms with Crippen LogP contribution in [0.3, 0.4) is 0 Å². The van der Waals surface area contributed by atoms with E-state index in [4.69, 9.17) is 5.73 Å². The number of nitrogens with two attached hydrogens (primary N) is 1. The molecule has 0 fully saturated rings. The minimum Gasteiger partial charge on any atom is -0.399 e. The van der Waals surface area contributed by atoms with E-state index in [2.05, 4.69) is 62.4 Å². The van der Waals surface area contributed by atoms with Gasteiger partial charge in [0, 0.05) is 30.4 Å². The third kappa shape index (κ3) is 9.73. The average Bonchev–Trinajstić information content (AvgIpc) is 2.74. The van der Waals surface area contributed by atoms with E-state index in [0.717, 1.165) is 13.5 Å². The van der Waals surface area contributed by atoms with Crippen LogP contribution in [-0.4, -0.2) is 20.3 Å². The van der Waals surface area contributed by atoms with E-state index in [9.17, 15) is 0 Å². The van der Waals surface area contributed by atoms with Crippen LogP contribution in [0.2, 0.25) is 0 Å². The Kier molecular flexibility index (Phi) is 13.8. The Hall–Kier alpha value is -0.750. The largest absolute Gasteiger partial charge is 0.399 e. The second-order valence-electron chi connectivity index (χ2n) is 8.73. The maximum absolute atomic E-state index is 5.36. The highest BCUT2D eigenvalue weighted by Crippen LogP contribution is 2.51. The molecule has 174 valence electrons. The van der Waals surface area contributed by atoms with E-state index in [-0.39, 0.29) is 9.90 Å². The van der Waals surface area contributed by atoms with Crippen molar-refractivity contribution in [1.29, 1.82) is 0 Å². The Labute approximate surface area is 200 Å². The molecule has 0 radical (unpaired) electrons. The second kappa shape index (κ2) is 15.2. The highest BCUT2D eigenvalue weighted by Gasteiger charge is 2.30. The monoisotopic (exact) mass is 478 g/mol. The predicted octanol–water partition coefficient (Wildman–Crippen LogP) is 8.08. The predicted molar refractivity (Wildman–Crippen MR) is 152 cm³/mol. The molecule has 1 aliphatic rings. The molecular formula is C26H44N2P2S. The molecule has 0 bridgehead atoms. The number of unbranched alkanes of at least 4 members (excludes halogenated alkanes) is 2. The van der Waals surface area contributed by atoms with Gasteiger partial charge in [0.15, 0.2) is 0 Å². The fourth-order valence-electron chi connectivity index (χ4n) is 4.00. The van der Waals surface area contributed by atoms with E-state index in [1.807, 2.05) is 30.3 Å². The first-order valence-electron chi connectivity index (χ1n) is 11.5. The Morgan fingerprint density at radius 1 is 1.00 bits per heavy atom. The summed E-state index contributed by atoms with van der Waals surface area (Å²) in [6.07, 6.45) is 12.5. The molecule has 2 aromatic rings.